The first-order valence-electron chi connectivity index (χ1n) is 5.66. The van der Waals surface area contributed by atoms with Gasteiger partial charge in [0.05, 0.1) is 0 Å². The van der Waals surface area contributed by atoms with Gasteiger partial charge in [-0.2, -0.15) is 0 Å². The number of aryl methyl sites for hydroxylation is 1. The van der Waals surface area contributed by atoms with Crippen LogP contribution >= 0.6 is 0 Å². The smallest absolute Gasteiger partial charge is 0.344 e. The zero-order valence-electron chi connectivity index (χ0n) is 9.22. The number of rotatable bonds is 1. The number of hydrogen-bond donors (Lipinski definition) is 1. The molecule has 1 N–H and O–H groups in total. The first-order chi connectivity index (χ1) is 8.25. The van der Waals surface area contributed by atoms with E-state index in [9.17, 15) is 4.79 Å². The molecular formula is C14H12O3. The van der Waals surface area contributed by atoms with Gasteiger partial charge in [-0.15, -0.1) is 0 Å². The highest BCUT2D eigenvalue weighted by molar-refractivity contribution is 5.90. The number of hydrogen-bond acceptors (Lipinski definition) is 2. The van der Waals surface area contributed by atoms with Crippen molar-refractivity contribution in [2.24, 2.45) is 0 Å². The molecule has 0 radical (unpaired) electrons. The zero-order chi connectivity index (χ0) is 11.8. The number of carboxylic acid groups (broad SMARTS) is 1. The maximum atomic E-state index is 11.0. The lowest BCUT2D eigenvalue weighted by molar-refractivity contribution is -0.145. The SMILES string of the molecule is O=C(O)C1CCc2ccc3ccccc3c2O1. The molecule has 0 saturated heterocycles. The Morgan fingerprint density at radius 3 is 2.88 bits per heavy atom. The molecule has 3 heteroatoms. The first kappa shape index (κ1) is 10.1. The van der Waals surface area contributed by atoms with Gasteiger partial charge in [0.1, 0.15) is 5.75 Å². The number of ether oxygens (including phenoxy) is 1. The van der Waals surface area contributed by atoms with Crippen molar-refractivity contribution >= 4 is 16.7 Å². The van der Waals surface area contributed by atoms with Gasteiger partial charge in [-0.3, -0.25) is 0 Å². The number of fused-ring (bicyclic) bond motifs is 3. The van der Waals surface area contributed by atoms with E-state index in [1.54, 1.807) is 0 Å². The predicted octanol–water partition coefficient (Wildman–Crippen LogP) is 2.62. The number of aliphatic carboxylic acids is 1. The van der Waals surface area contributed by atoms with Gasteiger partial charge < -0.3 is 9.84 Å². The normalized spacial score (nSPS) is 18.5. The van der Waals surface area contributed by atoms with Gasteiger partial charge in [-0.1, -0.05) is 36.4 Å². The Kier molecular flexibility index (Phi) is 2.25. The highest BCUT2D eigenvalue weighted by Crippen LogP contribution is 2.35. The summed E-state index contributed by atoms with van der Waals surface area (Å²) in [5, 5.41) is 11.1. The fraction of sp³-hybridized carbons (Fsp3) is 0.214. The molecule has 1 aliphatic rings. The number of carboxylic acids is 1. The molecular weight excluding hydrogens is 216 g/mol. The van der Waals surface area contributed by atoms with E-state index in [-0.39, 0.29) is 0 Å². The summed E-state index contributed by atoms with van der Waals surface area (Å²) in [5.74, 6) is -0.148. The molecule has 0 amide bonds. The van der Waals surface area contributed by atoms with Crippen molar-refractivity contribution in [2.75, 3.05) is 0 Å². The Morgan fingerprint density at radius 1 is 1.24 bits per heavy atom. The van der Waals surface area contributed by atoms with Crippen molar-refractivity contribution in [3.05, 3.63) is 42.0 Å². The highest BCUT2D eigenvalue weighted by atomic mass is 16.5. The number of benzene rings is 2. The van der Waals surface area contributed by atoms with Gasteiger partial charge in [0.2, 0.25) is 0 Å². The van der Waals surface area contributed by atoms with Crippen molar-refractivity contribution in [3.8, 4) is 5.75 Å². The van der Waals surface area contributed by atoms with Crippen LogP contribution in [0.4, 0.5) is 0 Å². The van der Waals surface area contributed by atoms with E-state index >= 15 is 0 Å². The molecule has 0 bridgehead atoms. The summed E-state index contributed by atoms with van der Waals surface area (Å²) in [4.78, 5) is 11.0. The van der Waals surface area contributed by atoms with Crippen molar-refractivity contribution < 1.29 is 14.6 Å². The fourth-order valence-electron chi connectivity index (χ4n) is 2.29. The van der Waals surface area contributed by atoms with Crippen LogP contribution < -0.4 is 4.74 Å². The van der Waals surface area contributed by atoms with Crippen molar-refractivity contribution in [1.29, 1.82) is 0 Å². The average molecular weight is 228 g/mol. The lowest BCUT2D eigenvalue weighted by Crippen LogP contribution is -2.30. The van der Waals surface area contributed by atoms with Crippen LogP contribution in [-0.4, -0.2) is 17.2 Å². The largest absolute Gasteiger partial charge is 0.479 e. The van der Waals surface area contributed by atoms with E-state index in [1.165, 1.54) is 0 Å². The van der Waals surface area contributed by atoms with E-state index in [1.807, 2.05) is 30.3 Å². The summed E-state index contributed by atoms with van der Waals surface area (Å²) < 4.78 is 5.61. The third kappa shape index (κ3) is 1.64. The summed E-state index contributed by atoms with van der Waals surface area (Å²) in [6.45, 7) is 0. The van der Waals surface area contributed by atoms with Gasteiger partial charge in [0.25, 0.3) is 0 Å². The maximum Gasteiger partial charge on any atom is 0.344 e. The molecule has 3 rings (SSSR count). The van der Waals surface area contributed by atoms with Crippen molar-refractivity contribution in [1.82, 2.24) is 0 Å². The summed E-state index contributed by atoms with van der Waals surface area (Å²) in [7, 11) is 0. The monoisotopic (exact) mass is 228 g/mol. The van der Waals surface area contributed by atoms with E-state index < -0.39 is 12.1 Å². The molecule has 1 atom stereocenters. The number of carbonyl (C=O) groups is 1. The first-order valence-corrected chi connectivity index (χ1v) is 5.66. The second kappa shape index (κ2) is 3.77. The van der Waals surface area contributed by atoms with Crippen LogP contribution in [0, 0.1) is 0 Å². The standard InChI is InChI=1S/C14H12O3/c15-14(16)12-8-7-10-6-5-9-3-1-2-4-11(9)13(10)17-12/h1-6,12H,7-8H2,(H,15,16). The lowest BCUT2D eigenvalue weighted by atomic mass is 9.98. The minimum atomic E-state index is -0.886. The van der Waals surface area contributed by atoms with Gasteiger partial charge >= 0.3 is 5.97 Å². The minimum absolute atomic E-state index is 0.542. The molecule has 0 saturated carbocycles. The van der Waals surface area contributed by atoms with E-state index in [0.717, 1.165) is 28.5 Å². The van der Waals surface area contributed by atoms with E-state index in [2.05, 4.69) is 6.07 Å². The Bertz CT molecular complexity index is 589. The predicted molar refractivity (Wildman–Crippen MR) is 64.3 cm³/mol. The molecule has 0 aliphatic carbocycles. The Labute approximate surface area is 98.6 Å². The van der Waals surface area contributed by atoms with Gasteiger partial charge in [0, 0.05) is 5.39 Å². The lowest BCUT2D eigenvalue weighted by Gasteiger charge is -2.24. The molecule has 2 aromatic carbocycles. The molecule has 1 aliphatic heterocycles. The van der Waals surface area contributed by atoms with Crippen LogP contribution in [0.15, 0.2) is 36.4 Å². The fourth-order valence-corrected chi connectivity index (χ4v) is 2.29. The summed E-state index contributed by atoms with van der Waals surface area (Å²) in [6, 6.07) is 12.0. The van der Waals surface area contributed by atoms with Gasteiger partial charge in [-0.25, -0.2) is 4.79 Å². The zero-order valence-corrected chi connectivity index (χ0v) is 9.22. The summed E-state index contributed by atoms with van der Waals surface area (Å²) >= 11 is 0. The highest BCUT2D eigenvalue weighted by Gasteiger charge is 2.26. The van der Waals surface area contributed by atoms with E-state index in [4.69, 9.17) is 9.84 Å². The van der Waals surface area contributed by atoms with Crippen LogP contribution in [0.3, 0.4) is 0 Å². The molecule has 0 aromatic heterocycles. The summed E-state index contributed by atoms with van der Waals surface area (Å²) in [6.07, 6.45) is 0.589. The quantitative estimate of drug-likeness (QED) is 0.816. The van der Waals surface area contributed by atoms with Crippen molar-refractivity contribution in [3.63, 3.8) is 0 Å². The van der Waals surface area contributed by atoms with Crippen LogP contribution in [0.5, 0.6) is 5.75 Å². The molecule has 17 heavy (non-hydrogen) atoms. The summed E-state index contributed by atoms with van der Waals surface area (Å²) in [5.41, 5.74) is 1.10. The molecule has 1 heterocycles. The third-order valence-electron chi connectivity index (χ3n) is 3.17. The van der Waals surface area contributed by atoms with E-state index in [0.29, 0.717) is 6.42 Å². The van der Waals surface area contributed by atoms with Crippen molar-refractivity contribution in [2.45, 2.75) is 18.9 Å². The molecule has 2 aromatic rings. The van der Waals surface area contributed by atoms with Crippen LogP contribution in [0.2, 0.25) is 0 Å². The van der Waals surface area contributed by atoms with Gasteiger partial charge in [0.15, 0.2) is 6.10 Å². The van der Waals surface area contributed by atoms with Crippen LogP contribution in [-0.2, 0) is 11.2 Å². The van der Waals surface area contributed by atoms with Crippen LogP contribution in [0.25, 0.3) is 10.8 Å². The second-order valence-electron chi connectivity index (χ2n) is 4.26. The minimum Gasteiger partial charge on any atom is -0.479 e. The Balaban J connectivity index is 2.15. The average Bonchev–Trinajstić information content (AvgIpc) is 2.38. The molecule has 0 spiro atoms. The van der Waals surface area contributed by atoms with Gasteiger partial charge in [-0.05, 0) is 23.8 Å². The molecule has 1 unspecified atom stereocenters. The molecule has 0 fully saturated rings. The maximum absolute atomic E-state index is 11.0. The Morgan fingerprint density at radius 2 is 2.06 bits per heavy atom. The molecule has 3 nitrogen and oxygen atoms in total. The van der Waals surface area contributed by atoms with Crippen LogP contribution in [0.1, 0.15) is 12.0 Å². The molecule has 86 valence electrons. The Hall–Kier alpha value is -2.03. The third-order valence-corrected chi connectivity index (χ3v) is 3.17. The second-order valence-corrected chi connectivity index (χ2v) is 4.26. The topological polar surface area (TPSA) is 46.5 Å².